The fraction of sp³-hybridized carbons (Fsp3) is 0. The summed E-state index contributed by atoms with van der Waals surface area (Å²) < 4.78 is 25.0. The van der Waals surface area contributed by atoms with Crippen molar-refractivity contribution in [2.24, 2.45) is 0 Å². The van der Waals surface area contributed by atoms with Gasteiger partial charge in [-0.05, 0) is 0 Å². The van der Waals surface area contributed by atoms with Crippen molar-refractivity contribution >= 4 is 26.1 Å². The smallest absolute Gasteiger partial charge is 0.772 e. The predicted octanol–water partition coefficient (Wildman–Crippen LogP) is -1.34. The molecule has 10 heteroatoms. The van der Waals surface area contributed by atoms with Crippen LogP contribution in [0.25, 0.3) is 0 Å². The molecule has 0 aliphatic heterocycles. The molecule has 0 rings (SSSR count). The molecule has 0 unspecified atom stereocenters. The van der Waals surface area contributed by atoms with Crippen molar-refractivity contribution in [3.05, 3.63) is 0 Å². The van der Waals surface area contributed by atoms with Crippen molar-refractivity contribution in [2.75, 3.05) is 0 Å². The molecule has 0 amide bonds. The minimum Gasteiger partial charge on any atom is -0.772 e. The third-order valence-corrected chi connectivity index (χ3v) is 0. The van der Waals surface area contributed by atoms with Gasteiger partial charge in [0.25, 0.3) is 0 Å². The maximum Gasteiger partial charge on any atom is 3.00 e. The first-order chi connectivity index (χ1) is 4.24. The first-order valence-electron chi connectivity index (χ1n) is 1.10. The average molecular weight is 245 g/mol. The van der Waals surface area contributed by atoms with Crippen LogP contribution in [0.2, 0.25) is 0 Å². The molecule has 59 valence electrons. The molecule has 0 fully saturated rings. The fourth-order valence-corrected chi connectivity index (χ4v) is 0. The zero-order valence-electron chi connectivity index (χ0n) is 4.14. The van der Waals surface area contributed by atoms with E-state index < -0.39 is 26.1 Å². The van der Waals surface area contributed by atoms with E-state index in [1.165, 1.54) is 0 Å². The van der Waals surface area contributed by atoms with E-state index in [0.29, 0.717) is 0 Å². The molecule has 0 aromatic carbocycles. The molecule has 1 radical (unpaired) electrons. The summed E-state index contributed by atoms with van der Waals surface area (Å²) in [7, 11) is -3.25. The summed E-state index contributed by atoms with van der Waals surface area (Å²) in [4.78, 5) is 25.0. The molecule has 0 saturated carbocycles. The Morgan fingerprint density at radius 3 is 0.700 bits per heavy atom. The Hall–Kier alpha value is 0.699. The molecule has 0 heterocycles. The van der Waals surface area contributed by atoms with E-state index in [1.54, 1.807) is 0 Å². The Bertz CT molecular complexity index is 49.7. The summed E-state index contributed by atoms with van der Waals surface area (Å²) >= 11 is 0. The van der Waals surface area contributed by atoms with Gasteiger partial charge in [0, 0.05) is 0 Å². The summed E-state index contributed by atoms with van der Waals surface area (Å²) in [5, 5.41) is 0. The Morgan fingerprint density at radius 1 is 0.700 bits per heavy atom. The van der Waals surface area contributed by atoms with E-state index in [-0.39, 0.29) is 17.1 Å². The van der Waals surface area contributed by atoms with E-state index >= 15 is 0 Å². The SMILES string of the molecule is O=P[O-].O=P[O-].O=P[O-].[Fe+3]. The van der Waals surface area contributed by atoms with Gasteiger partial charge in [-0.2, -0.15) is 0 Å². The summed E-state index contributed by atoms with van der Waals surface area (Å²) in [6.45, 7) is 0. The molecule has 0 atom stereocenters. The minimum absolute atomic E-state index is 0. The van der Waals surface area contributed by atoms with Crippen molar-refractivity contribution in [2.45, 2.75) is 0 Å². The standard InChI is InChI=1S/Fe.3HO2P/c;3*1-3-2/h;3*(H,1,2)/q+3;;;/p-3. The van der Waals surface area contributed by atoms with Crippen LogP contribution in [0.5, 0.6) is 0 Å². The van der Waals surface area contributed by atoms with Crippen LogP contribution in [-0.4, -0.2) is 0 Å². The second-order valence-electron chi connectivity index (χ2n) is 0.224. The van der Waals surface area contributed by atoms with Crippen molar-refractivity contribution in [1.82, 2.24) is 0 Å². The van der Waals surface area contributed by atoms with Gasteiger partial charge in [0.05, 0.1) is 26.1 Å². The maximum atomic E-state index is 8.35. The van der Waals surface area contributed by atoms with Crippen LogP contribution in [0.15, 0.2) is 0 Å². The topological polar surface area (TPSA) is 120 Å². The first kappa shape index (κ1) is 22.4. The average Bonchev–Trinajstić information content (AvgIpc) is 1.70. The second kappa shape index (κ2) is 53.6. The summed E-state index contributed by atoms with van der Waals surface area (Å²) in [6, 6.07) is 0. The monoisotopic (exact) mass is 245 g/mol. The van der Waals surface area contributed by atoms with E-state index in [2.05, 4.69) is 0 Å². The molecule has 0 N–H and O–H groups in total. The molecule has 0 saturated heterocycles. The van der Waals surface area contributed by atoms with Gasteiger partial charge >= 0.3 is 17.1 Å². The van der Waals surface area contributed by atoms with Crippen molar-refractivity contribution in [3.63, 3.8) is 0 Å². The van der Waals surface area contributed by atoms with Crippen LogP contribution in [-0.2, 0) is 30.8 Å². The van der Waals surface area contributed by atoms with E-state index in [1.807, 2.05) is 0 Å². The fourth-order valence-electron chi connectivity index (χ4n) is 0. The molecule has 10 heavy (non-hydrogen) atoms. The van der Waals surface area contributed by atoms with Crippen LogP contribution in [0.4, 0.5) is 0 Å². The predicted molar refractivity (Wildman–Crippen MR) is 22.8 cm³/mol. The molecule has 0 bridgehead atoms. The first-order valence-corrected chi connectivity index (χ1v) is 3.29. The Morgan fingerprint density at radius 2 is 0.700 bits per heavy atom. The molecular formula is FeO6P3. The minimum atomic E-state index is -1.08. The molecule has 0 aliphatic carbocycles. The molecule has 0 aromatic heterocycles. The van der Waals surface area contributed by atoms with Gasteiger partial charge < -0.3 is 14.7 Å². The quantitative estimate of drug-likeness (QED) is 0.384. The van der Waals surface area contributed by atoms with Gasteiger partial charge in [0.2, 0.25) is 0 Å². The van der Waals surface area contributed by atoms with Crippen LogP contribution in [0, 0.1) is 0 Å². The van der Waals surface area contributed by atoms with Gasteiger partial charge in [-0.1, -0.05) is 0 Å². The Balaban J connectivity index is -0.0000000257. The van der Waals surface area contributed by atoms with E-state index in [9.17, 15) is 0 Å². The number of hydrogen-bond donors (Lipinski definition) is 0. The van der Waals surface area contributed by atoms with Crippen molar-refractivity contribution < 1.29 is 45.4 Å². The third-order valence-electron chi connectivity index (χ3n) is 0. The largest absolute Gasteiger partial charge is 3.00 e. The third kappa shape index (κ3) is 1050. The van der Waals surface area contributed by atoms with Gasteiger partial charge in [-0.15, -0.1) is 0 Å². The summed E-state index contributed by atoms with van der Waals surface area (Å²) in [5.74, 6) is 0. The summed E-state index contributed by atoms with van der Waals surface area (Å²) in [6.07, 6.45) is 0. The Labute approximate surface area is 72.0 Å². The van der Waals surface area contributed by atoms with Gasteiger partial charge in [-0.3, -0.25) is 13.7 Å². The van der Waals surface area contributed by atoms with Gasteiger partial charge in [0.1, 0.15) is 0 Å². The zero-order valence-corrected chi connectivity index (χ0v) is 7.93. The van der Waals surface area contributed by atoms with Gasteiger partial charge in [-0.25, -0.2) is 0 Å². The van der Waals surface area contributed by atoms with Crippen LogP contribution >= 0.6 is 26.1 Å². The molecule has 0 spiro atoms. The molecular weight excluding hydrogens is 245 g/mol. The number of rotatable bonds is 0. The normalized spacial score (nSPS) is 6.30. The van der Waals surface area contributed by atoms with E-state index in [4.69, 9.17) is 28.4 Å². The van der Waals surface area contributed by atoms with Crippen LogP contribution in [0.1, 0.15) is 0 Å². The maximum absolute atomic E-state index is 8.35. The van der Waals surface area contributed by atoms with E-state index in [0.717, 1.165) is 0 Å². The second-order valence-corrected chi connectivity index (χ2v) is 0.671. The Kier molecular flexibility index (Phi) is 120. The van der Waals surface area contributed by atoms with Crippen LogP contribution in [0.3, 0.4) is 0 Å². The number of hydrogen-bond acceptors (Lipinski definition) is 6. The molecule has 6 nitrogen and oxygen atoms in total. The van der Waals surface area contributed by atoms with Crippen LogP contribution < -0.4 is 14.7 Å². The zero-order chi connectivity index (χ0) is 8.12. The van der Waals surface area contributed by atoms with Crippen molar-refractivity contribution in [1.29, 1.82) is 0 Å². The van der Waals surface area contributed by atoms with Gasteiger partial charge in [0.15, 0.2) is 0 Å². The summed E-state index contributed by atoms with van der Waals surface area (Å²) in [5.41, 5.74) is 0. The molecule has 0 aliphatic rings. The van der Waals surface area contributed by atoms with Crippen molar-refractivity contribution in [3.8, 4) is 0 Å². The molecule has 0 aromatic rings.